The first-order valence-electron chi connectivity index (χ1n) is 5.24. The van der Waals surface area contributed by atoms with Crippen molar-refractivity contribution in [2.75, 3.05) is 4.90 Å². The second-order valence-corrected chi connectivity index (χ2v) is 4.65. The fourth-order valence-electron chi connectivity index (χ4n) is 1.70. The van der Waals surface area contributed by atoms with Crippen LogP contribution in [0.1, 0.15) is 18.9 Å². The van der Waals surface area contributed by atoms with Gasteiger partial charge in [0.05, 0.1) is 5.37 Å². The molecule has 15 heavy (non-hydrogen) atoms. The SMILES string of the molecule is CCC1SC=CN1c1ccc(CN)cc1. The molecule has 3 heteroatoms. The highest BCUT2D eigenvalue weighted by Crippen LogP contribution is 2.32. The molecule has 1 aliphatic rings. The Bertz CT molecular complexity index is 345. The quantitative estimate of drug-likeness (QED) is 0.849. The maximum atomic E-state index is 5.58. The summed E-state index contributed by atoms with van der Waals surface area (Å²) in [5, 5.41) is 2.71. The smallest absolute Gasteiger partial charge is 0.0832 e. The molecule has 0 saturated carbocycles. The first kappa shape index (κ1) is 10.6. The third-order valence-electron chi connectivity index (χ3n) is 2.59. The van der Waals surface area contributed by atoms with Gasteiger partial charge in [-0.05, 0) is 29.5 Å². The van der Waals surface area contributed by atoms with Crippen molar-refractivity contribution in [3.8, 4) is 0 Å². The van der Waals surface area contributed by atoms with Crippen LogP contribution in [-0.2, 0) is 6.54 Å². The van der Waals surface area contributed by atoms with Crippen LogP contribution < -0.4 is 10.6 Å². The summed E-state index contributed by atoms with van der Waals surface area (Å²) < 4.78 is 0. The molecule has 0 spiro atoms. The van der Waals surface area contributed by atoms with Crippen LogP contribution in [0.15, 0.2) is 35.9 Å². The molecule has 1 unspecified atom stereocenters. The van der Waals surface area contributed by atoms with Crippen molar-refractivity contribution in [1.29, 1.82) is 0 Å². The number of hydrogen-bond acceptors (Lipinski definition) is 3. The molecule has 0 amide bonds. The molecular formula is C12H16N2S. The Hall–Kier alpha value is -0.930. The van der Waals surface area contributed by atoms with Gasteiger partial charge in [0.1, 0.15) is 0 Å². The van der Waals surface area contributed by atoms with Gasteiger partial charge < -0.3 is 10.6 Å². The average molecular weight is 220 g/mol. The Kier molecular flexibility index (Phi) is 3.34. The van der Waals surface area contributed by atoms with Gasteiger partial charge in [0.2, 0.25) is 0 Å². The molecule has 1 aliphatic heterocycles. The van der Waals surface area contributed by atoms with Gasteiger partial charge in [-0.1, -0.05) is 19.1 Å². The molecule has 1 aromatic rings. The predicted molar refractivity (Wildman–Crippen MR) is 67.6 cm³/mol. The summed E-state index contributed by atoms with van der Waals surface area (Å²) in [5.41, 5.74) is 8.01. The lowest BCUT2D eigenvalue weighted by Crippen LogP contribution is -2.23. The molecular weight excluding hydrogens is 204 g/mol. The molecule has 1 heterocycles. The minimum atomic E-state index is 0.550. The van der Waals surface area contributed by atoms with Crippen molar-refractivity contribution in [2.24, 2.45) is 5.73 Å². The average Bonchev–Trinajstić information content (AvgIpc) is 2.77. The second-order valence-electron chi connectivity index (χ2n) is 3.56. The number of nitrogens with zero attached hydrogens (tertiary/aromatic N) is 1. The van der Waals surface area contributed by atoms with E-state index in [9.17, 15) is 0 Å². The zero-order chi connectivity index (χ0) is 10.7. The number of nitrogens with two attached hydrogens (primary N) is 1. The van der Waals surface area contributed by atoms with Crippen LogP contribution >= 0.6 is 11.8 Å². The van der Waals surface area contributed by atoms with Crippen LogP contribution in [0.2, 0.25) is 0 Å². The number of benzene rings is 1. The summed E-state index contributed by atoms with van der Waals surface area (Å²) in [7, 11) is 0. The third-order valence-corrected chi connectivity index (χ3v) is 3.74. The monoisotopic (exact) mass is 220 g/mol. The fraction of sp³-hybridized carbons (Fsp3) is 0.333. The lowest BCUT2D eigenvalue weighted by molar-refractivity contribution is 0.834. The Morgan fingerprint density at radius 3 is 2.67 bits per heavy atom. The standard InChI is InChI=1S/C12H16N2S/c1-2-12-14(7-8-15-12)11-5-3-10(9-13)4-6-11/h3-8,12H,2,9,13H2,1H3. The van der Waals surface area contributed by atoms with Crippen LogP contribution in [0, 0.1) is 0 Å². The van der Waals surface area contributed by atoms with E-state index in [1.54, 1.807) is 0 Å². The van der Waals surface area contributed by atoms with Gasteiger partial charge >= 0.3 is 0 Å². The van der Waals surface area contributed by atoms with E-state index in [1.165, 1.54) is 11.3 Å². The van der Waals surface area contributed by atoms with E-state index in [1.807, 2.05) is 11.8 Å². The van der Waals surface area contributed by atoms with E-state index in [2.05, 4.69) is 47.7 Å². The highest BCUT2D eigenvalue weighted by atomic mass is 32.2. The van der Waals surface area contributed by atoms with Gasteiger partial charge in [-0.15, -0.1) is 11.8 Å². The molecule has 0 bridgehead atoms. The lowest BCUT2D eigenvalue weighted by Gasteiger charge is -2.23. The molecule has 0 fully saturated rings. The summed E-state index contributed by atoms with van der Waals surface area (Å²) in [6, 6.07) is 8.47. The summed E-state index contributed by atoms with van der Waals surface area (Å²) in [6.07, 6.45) is 3.30. The zero-order valence-electron chi connectivity index (χ0n) is 8.89. The van der Waals surface area contributed by atoms with Crippen molar-refractivity contribution in [3.05, 3.63) is 41.4 Å². The number of rotatable bonds is 3. The Morgan fingerprint density at radius 1 is 1.33 bits per heavy atom. The number of thioether (sulfide) groups is 1. The zero-order valence-corrected chi connectivity index (χ0v) is 9.70. The molecule has 2 N–H and O–H groups in total. The van der Waals surface area contributed by atoms with Crippen LogP contribution in [0.3, 0.4) is 0 Å². The maximum absolute atomic E-state index is 5.58. The minimum absolute atomic E-state index is 0.550. The van der Waals surface area contributed by atoms with E-state index >= 15 is 0 Å². The number of anilines is 1. The topological polar surface area (TPSA) is 29.3 Å². The van der Waals surface area contributed by atoms with Crippen LogP contribution in [0.5, 0.6) is 0 Å². The van der Waals surface area contributed by atoms with Crippen molar-refractivity contribution < 1.29 is 0 Å². The Labute approximate surface area is 95.1 Å². The van der Waals surface area contributed by atoms with Crippen molar-refractivity contribution in [1.82, 2.24) is 0 Å². The van der Waals surface area contributed by atoms with Crippen molar-refractivity contribution >= 4 is 17.4 Å². The summed E-state index contributed by atoms with van der Waals surface area (Å²) in [5.74, 6) is 0. The fourth-order valence-corrected chi connectivity index (χ4v) is 2.60. The highest BCUT2D eigenvalue weighted by Gasteiger charge is 2.18. The van der Waals surface area contributed by atoms with Crippen LogP contribution in [-0.4, -0.2) is 5.37 Å². The maximum Gasteiger partial charge on any atom is 0.0832 e. The van der Waals surface area contributed by atoms with E-state index in [0.717, 1.165) is 6.42 Å². The molecule has 0 saturated heterocycles. The van der Waals surface area contributed by atoms with Gasteiger partial charge in [-0.25, -0.2) is 0 Å². The largest absolute Gasteiger partial charge is 0.335 e. The molecule has 2 nitrogen and oxygen atoms in total. The van der Waals surface area contributed by atoms with Crippen LogP contribution in [0.4, 0.5) is 5.69 Å². The molecule has 0 aromatic heterocycles. The summed E-state index contributed by atoms with van der Waals surface area (Å²) in [4.78, 5) is 2.31. The minimum Gasteiger partial charge on any atom is -0.335 e. The normalized spacial score (nSPS) is 19.9. The Morgan fingerprint density at radius 2 is 2.07 bits per heavy atom. The molecule has 0 radical (unpaired) electrons. The van der Waals surface area contributed by atoms with Gasteiger partial charge in [0.25, 0.3) is 0 Å². The van der Waals surface area contributed by atoms with E-state index in [4.69, 9.17) is 5.73 Å². The van der Waals surface area contributed by atoms with E-state index < -0.39 is 0 Å². The van der Waals surface area contributed by atoms with Crippen molar-refractivity contribution in [2.45, 2.75) is 25.3 Å². The molecule has 2 rings (SSSR count). The van der Waals surface area contributed by atoms with E-state index in [-0.39, 0.29) is 0 Å². The van der Waals surface area contributed by atoms with Gasteiger partial charge in [0.15, 0.2) is 0 Å². The van der Waals surface area contributed by atoms with Gasteiger partial charge in [-0.3, -0.25) is 0 Å². The summed E-state index contributed by atoms with van der Waals surface area (Å²) >= 11 is 1.88. The van der Waals surface area contributed by atoms with Gasteiger partial charge in [-0.2, -0.15) is 0 Å². The Balaban J connectivity index is 2.18. The highest BCUT2D eigenvalue weighted by molar-refractivity contribution is 8.03. The molecule has 1 atom stereocenters. The van der Waals surface area contributed by atoms with Gasteiger partial charge in [0, 0.05) is 18.4 Å². The molecule has 0 aliphatic carbocycles. The first-order valence-corrected chi connectivity index (χ1v) is 6.19. The van der Waals surface area contributed by atoms with E-state index in [0.29, 0.717) is 11.9 Å². The van der Waals surface area contributed by atoms with Crippen molar-refractivity contribution in [3.63, 3.8) is 0 Å². The first-order chi connectivity index (χ1) is 7.35. The summed E-state index contributed by atoms with van der Waals surface area (Å²) in [6.45, 7) is 2.83. The second kappa shape index (κ2) is 4.73. The molecule has 80 valence electrons. The molecule has 1 aromatic carbocycles. The third kappa shape index (κ3) is 2.19. The van der Waals surface area contributed by atoms with Crippen LogP contribution in [0.25, 0.3) is 0 Å². The number of hydrogen-bond donors (Lipinski definition) is 1. The predicted octanol–water partition coefficient (Wildman–Crippen LogP) is 2.91. The lowest BCUT2D eigenvalue weighted by atomic mass is 10.2.